The van der Waals surface area contributed by atoms with Crippen LogP contribution < -0.4 is 11.1 Å². The number of hydrogen-bond donors (Lipinski definition) is 2. The summed E-state index contributed by atoms with van der Waals surface area (Å²) in [5.74, 6) is -0.110. The Bertz CT molecular complexity index is 566. The molecule has 1 aliphatic heterocycles. The van der Waals surface area contributed by atoms with Crippen LogP contribution in [0.4, 0.5) is 5.69 Å². The molecule has 6 nitrogen and oxygen atoms in total. The van der Waals surface area contributed by atoms with Crippen molar-refractivity contribution in [3.05, 3.63) is 29.3 Å². The Labute approximate surface area is 137 Å². The molecule has 126 valence electrons. The molecular weight excluding hydrogens is 294 g/mol. The summed E-state index contributed by atoms with van der Waals surface area (Å²) in [5, 5.41) is 2.87. The van der Waals surface area contributed by atoms with Crippen LogP contribution in [-0.4, -0.2) is 49.1 Å². The predicted molar refractivity (Wildman–Crippen MR) is 89.4 cm³/mol. The fourth-order valence-corrected chi connectivity index (χ4v) is 2.41. The fraction of sp³-hybridized carbons (Fsp3) is 0.529. The molecule has 0 aromatic heterocycles. The van der Waals surface area contributed by atoms with Gasteiger partial charge in [-0.15, -0.1) is 0 Å². The summed E-state index contributed by atoms with van der Waals surface area (Å²) in [6.07, 6.45) is 1.01. The molecule has 0 radical (unpaired) electrons. The topological polar surface area (TPSA) is 84.7 Å². The normalized spacial score (nSPS) is 16.0. The summed E-state index contributed by atoms with van der Waals surface area (Å²) in [6.45, 7) is 6.12. The Morgan fingerprint density at radius 1 is 1.35 bits per heavy atom. The summed E-state index contributed by atoms with van der Waals surface area (Å²) < 4.78 is 5.27. The van der Waals surface area contributed by atoms with Gasteiger partial charge in [0.25, 0.3) is 5.91 Å². The number of nitrogens with zero attached hydrogens (tertiary/aromatic N) is 1. The van der Waals surface area contributed by atoms with Crippen LogP contribution in [0.1, 0.15) is 35.7 Å². The second-order valence-electron chi connectivity index (χ2n) is 6.00. The van der Waals surface area contributed by atoms with Gasteiger partial charge >= 0.3 is 0 Å². The zero-order valence-electron chi connectivity index (χ0n) is 13.8. The number of nitrogens with one attached hydrogen (secondary N) is 1. The van der Waals surface area contributed by atoms with Crippen molar-refractivity contribution in [1.82, 2.24) is 4.90 Å². The Hall–Kier alpha value is -1.92. The van der Waals surface area contributed by atoms with E-state index in [9.17, 15) is 9.59 Å². The highest BCUT2D eigenvalue weighted by Gasteiger charge is 2.19. The van der Waals surface area contributed by atoms with Crippen molar-refractivity contribution in [2.75, 3.05) is 31.6 Å². The highest BCUT2D eigenvalue weighted by Crippen LogP contribution is 2.19. The van der Waals surface area contributed by atoms with E-state index in [1.54, 1.807) is 17.0 Å². The molecule has 1 unspecified atom stereocenters. The summed E-state index contributed by atoms with van der Waals surface area (Å²) in [5.41, 5.74) is 7.86. The van der Waals surface area contributed by atoms with Gasteiger partial charge in [0.05, 0.1) is 13.2 Å². The smallest absolute Gasteiger partial charge is 0.254 e. The monoisotopic (exact) mass is 319 g/mol. The van der Waals surface area contributed by atoms with E-state index < -0.39 is 0 Å². The summed E-state index contributed by atoms with van der Waals surface area (Å²) >= 11 is 0. The standard InChI is InChI=1S/C17H25N3O3/c1-12-3-5-14(17(22)20-7-9-23-10-8-20)11-15(12)19-16(21)6-4-13(2)18/h3,5,11,13H,4,6-10,18H2,1-2H3,(H,19,21). The zero-order valence-corrected chi connectivity index (χ0v) is 13.8. The van der Waals surface area contributed by atoms with Gasteiger partial charge in [-0.2, -0.15) is 0 Å². The van der Waals surface area contributed by atoms with Gasteiger partial charge in [0.2, 0.25) is 5.91 Å². The van der Waals surface area contributed by atoms with Crippen LogP contribution in [0.2, 0.25) is 0 Å². The second-order valence-corrected chi connectivity index (χ2v) is 6.00. The van der Waals surface area contributed by atoms with E-state index in [1.165, 1.54) is 0 Å². The van der Waals surface area contributed by atoms with E-state index in [2.05, 4.69) is 5.32 Å². The summed E-state index contributed by atoms with van der Waals surface area (Å²) in [7, 11) is 0. The molecule has 1 fully saturated rings. The third-order valence-corrected chi connectivity index (χ3v) is 3.88. The molecule has 23 heavy (non-hydrogen) atoms. The molecule has 1 atom stereocenters. The zero-order chi connectivity index (χ0) is 16.8. The first-order valence-corrected chi connectivity index (χ1v) is 8.00. The molecule has 0 spiro atoms. The quantitative estimate of drug-likeness (QED) is 0.862. The van der Waals surface area contributed by atoms with E-state index in [4.69, 9.17) is 10.5 Å². The number of aryl methyl sites for hydroxylation is 1. The van der Waals surface area contributed by atoms with Crippen molar-refractivity contribution in [1.29, 1.82) is 0 Å². The Balaban J connectivity index is 2.05. The van der Waals surface area contributed by atoms with Crippen molar-refractivity contribution >= 4 is 17.5 Å². The number of carbonyl (C=O) groups is 2. The molecule has 2 amide bonds. The second kappa shape index (κ2) is 8.08. The molecule has 2 rings (SSSR count). The van der Waals surface area contributed by atoms with E-state index in [0.29, 0.717) is 50.4 Å². The molecule has 3 N–H and O–H groups in total. The number of ether oxygens (including phenoxy) is 1. The first-order valence-electron chi connectivity index (χ1n) is 8.00. The lowest BCUT2D eigenvalue weighted by Gasteiger charge is -2.27. The maximum atomic E-state index is 12.5. The minimum atomic E-state index is -0.0821. The fourth-order valence-electron chi connectivity index (χ4n) is 2.41. The van der Waals surface area contributed by atoms with Crippen molar-refractivity contribution in [2.24, 2.45) is 5.73 Å². The number of rotatable bonds is 5. The van der Waals surface area contributed by atoms with Crippen LogP contribution in [0.25, 0.3) is 0 Å². The van der Waals surface area contributed by atoms with Crippen LogP contribution in [0.3, 0.4) is 0 Å². The van der Waals surface area contributed by atoms with Crippen LogP contribution in [-0.2, 0) is 9.53 Å². The van der Waals surface area contributed by atoms with Crippen LogP contribution in [0, 0.1) is 6.92 Å². The molecular formula is C17H25N3O3. The molecule has 6 heteroatoms. The number of carbonyl (C=O) groups excluding carboxylic acids is 2. The number of benzene rings is 1. The molecule has 1 aliphatic rings. The molecule has 1 saturated heterocycles. The number of nitrogens with two attached hydrogens (primary N) is 1. The van der Waals surface area contributed by atoms with Gasteiger partial charge in [-0.3, -0.25) is 9.59 Å². The molecule has 0 bridgehead atoms. The number of anilines is 1. The highest BCUT2D eigenvalue weighted by molar-refractivity contribution is 5.97. The van der Waals surface area contributed by atoms with E-state index in [1.807, 2.05) is 19.9 Å². The first kappa shape index (κ1) is 17.4. The highest BCUT2D eigenvalue weighted by atomic mass is 16.5. The van der Waals surface area contributed by atoms with Crippen molar-refractivity contribution in [2.45, 2.75) is 32.7 Å². The minimum absolute atomic E-state index is 0.00363. The Kier molecular flexibility index (Phi) is 6.12. The van der Waals surface area contributed by atoms with Gasteiger partial charge < -0.3 is 20.7 Å². The predicted octanol–water partition coefficient (Wildman–Crippen LogP) is 1.53. The largest absolute Gasteiger partial charge is 0.378 e. The third kappa shape index (κ3) is 5.04. The van der Waals surface area contributed by atoms with Gasteiger partial charge in [-0.05, 0) is 38.0 Å². The van der Waals surface area contributed by atoms with Crippen molar-refractivity contribution in [3.8, 4) is 0 Å². The molecule has 0 saturated carbocycles. The minimum Gasteiger partial charge on any atom is -0.378 e. The van der Waals surface area contributed by atoms with E-state index >= 15 is 0 Å². The molecule has 1 aromatic carbocycles. The number of morpholine rings is 1. The van der Waals surface area contributed by atoms with Gasteiger partial charge in [0.1, 0.15) is 0 Å². The van der Waals surface area contributed by atoms with Crippen LogP contribution in [0.15, 0.2) is 18.2 Å². The molecule has 0 aliphatic carbocycles. The maximum Gasteiger partial charge on any atom is 0.254 e. The van der Waals surface area contributed by atoms with E-state index in [0.717, 1.165) is 5.56 Å². The van der Waals surface area contributed by atoms with Gasteiger partial charge in [-0.25, -0.2) is 0 Å². The number of amides is 2. The third-order valence-electron chi connectivity index (χ3n) is 3.88. The van der Waals surface area contributed by atoms with Gasteiger partial charge in [0.15, 0.2) is 0 Å². The lowest BCUT2D eigenvalue weighted by Crippen LogP contribution is -2.40. The lowest BCUT2D eigenvalue weighted by atomic mass is 10.1. The SMILES string of the molecule is Cc1ccc(C(=O)N2CCOCC2)cc1NC(=O)CCC(C)N. The van der Waals surface area contributed by atoms with Crippen LogP contribution in [0.5, 0.6) is 0 Å². The van der Waals surface area contributed by atoms with Gasteiger partial charge in [0, 0.05) is 36.8 Å². The summed E-state index contributed by atoms with van der Waals surface area (Å²) in [4.78, 5) is 26.3. The number of hydrogen-bond acceptors (Lipinski definition) is 4. The maximum absolute atomic E-state index is 12.5. The molecule has 1 heterocycles. The average molecular weight is 319 g/mol. The van der Waals surface area contributed by atoms with E-state index in [-0.39, 0.29) is 17.9 Å². The Morgan fingerprint density at radius 3 is 2.70 bits per heavy atom. The van der Waals surface area contributed by atoms with Crippen LogP contribution >= 0.6 is 0 Å². The first-order chi connectivity index (χ1) is 11.0. The van der Waals surface area contributed by atoms with Gasteiger partial charge in [-0.1, -0.05) is 6.07 Å². The molecule has 1 aromatic rings. The van der Waals surface area contributed by atoms with Crippen molar-refractivity contribution in [3.63, 3.8) is 0 Å². The Morgan fingerprint density at radius 2 is 2.04 bits per heavy atom. The summed E-state index contributed by atoms with van der Waals surface area (Å²) in [6, 6.07) is 5.40. The van der Waals surface area contributed by atoms with Crippen molar-refractivity contribution < 1.29 is 14.3 Å². The lowest BCUT2D eigenvalue weighted by molar-refractivity contribution is -0.116. The average Bonchev–Trinajstić information content (AvgIpc) is 2.55.